The van der Waals surface area contributed by atoms with Gasteiger partial charge in [-0.3, -0.25) is 0 Å². The third kappa shape index (κ3) is 3.35. The van der Waals surface area contributed by atoms with Crippen molar-refractivity contribution >= 4 is 31.9 Å². The van der Waals surface area contributed by atoms with Crippen LogP contribution in [0.4, 0.5) is 13.2 Å². The molecule has 0 amide bonds. The molecule has 2 aromatic carbocycles. The summed E-state index contributed by atoms with van der Waals surface area (Å²) in [4.78, 5) is 0. The second kappa shape index (κ2) is 6.63. The summed E-state index contributed by atoms with van der Waals surface area (Å²) in [7, 11) is 0. The number of rotatable bonds is 4. The van der Waals surface area contributed by atoms with Gasteiger partial charge in [-0.25, -0.2) is 13.2 Å². The predicted octanol–water partition coefficient (Wildman–Crippen LogP) is 5.34. The molecular weight excluding hydrogens is 401 g/mol. The molecule has 0 bridgehead atoms. The molecule has 1 nitrogen and oxygen atoms in total. The Bertz CT molecular complexity index is 632. The van der Waals surface area contributed by atoms with Crippen LogP contribution in [-0.2, 0) is 11.9 Å². The number of ether oxygens (including phenoxy) is 1. The zero-order chi connectivity index (χ0) is 14.7. The van der Waals surface area contributed by atoms with Crippen LogP contribution in [0.25, 0.3) is 0 Å². The topological polar surface area (TPSA) is 9.23 Å². The van der Waals surface area contributed by atoms with Gasteiger partial charge in [0, 0.05) is 5.33 Å². The van der Waals surface area contributed by atoms with Gasteiger partial charge < -0.3 is 4.74 Å². The minimum absolute atomic E-state index is 0.0477. The van der Waals surface area contributed by atoms with Crippen molar-refractivity contribution in [1.82, 2.24) is 0 Å². The molecule has 0 saturated carbocycles. The summed E-state index contributed by atoms with van der Waals surface area (Å²) in [5, 5.41) is 0.513. The number of halogens is 5. The van der Waals surface area contributed by atoms with E-state index in [-0.39, 0.29) is 22.4 Å². The summed E-state index contributed by atoms with van der Waals surface area (Å²) >= 11 is 6.17. The predicted molar refractivity (Wildman–Crippen MR) is 77.4 cm³/mol. The molecule has 0 unspecified atom stereocenters. The zero-order valence-corrected chi connectivity index (χ0v) is 13.3. The van der Waals surface area contributed by atoms with Crippen molar-refractivity contribution in [2.24, 2.45) is 0 Å². The lowest BCUT2D eigenvalue weighted by molar-refractivity contribution is 0.278. The third-order valence-corrected chi connectivity index (χ3v) is 3.92. The molecule has 0 saturated heterocycles. The molecule has 0 N–H and O–H groups in total. The van der Waals surface area contributed by atoms with E-state index < -0.39 is 17.5 Å². The maximum Gasteiger partial charge on any atom is 0.165 e. The fraction of sp³-hybridized carbons (Fsp3) is 0.143. The molecule has 0 radical (unpaired) electrons. The van der Waals surface area contributed by atoms with Gasteiger partial charge in [0.2, 0.25) is 0 Å². The molecule has 2 aromatic rings. The van der Waals surface area contributed by atoms with Gasteiger partial charge in [0.1, 0.15) is 18.2 Å². The molecule has 0 aliphatic carbocycles. The van der Waals surface area contributed by atoms with Gasteiger partial charge in [0.15, 0.2) is 11.6 Å². The lowest BCUT2D eigenvalue weighted by Gasteiger charge is -2.10. The average Bonchev–Trinajstić information content (AvgIpc) is 2.44. The average molecular weight is 410 g/mol. The van der Waals surface area contributed by atoms with E-state index >= 15 is 0 Å². The number of hydrogen-bond acceptors (Lipinski definition) is 1. The van der Waals surface area contributed by atoms with Crippen LogP contribution in [0.15, 0.2) is 34.8 Å². The summed E-state index contributed by atoms with van der Waals surface area (Å²) in [6.07, 6.45) is 0. The van der Waals surface area contributed by atoms with Crippen LogP contribution in [0.3, 0.4) is 0 Å². The van der Waals surface area contributed by atoms with E-state index in [2.05, 4.69) is 31.9 Å². The fourth-order valence-electron chi connectivity index (χ4n) is 1.60. The minimum Gasteiger partial charge on any atom is -0.486 e. The van der Waals surface area contributed by atoms with Crippen LogP contribution in [-0.4, -0.2) is 0 Å². The molecular formula is C14H9Br2F3O. The monoisotopic (exact) mass is 408 g/mol. The van der Waals surface area contributed by atoms with E-state index in [1.54, 1.807) is 6.07 Å². The first-order chi connectivity index (χ1) is 9.52. The quantitative estimate of drug-likeness (QED) is 0.489. The number of hydrogen-bond donors (Lipinski definition) is 0. The summed E-state index contributed by atoms with van der Waals surface area (Å²) < 4.78 is 46.2. The van der Waals surface area contributed by atoms with E-state index in [1.165, 1.54) is 18.2 Å². The van der Waals surface area contributed by atoms with Gasteiger partial charge in [0.25, 0.3) is 0 Å². The summed E-state index contributed by atoms with van der Waals surface area (Å²) in [5.41, 5.74) is 0.498. The minimum atomic E-state index is -0.748. The van der Waals surface area contributed by atoms with E-state index in [9.17, 15) is 13.2 Å². The molecule has 20 heavy (non-hydrogen) atoms. The number of alkyl halides is 1. The molecule has 0 fully saturated rings. The SMILES string of the molecule is Fc1cc(CBr)ccc1OCc1c(F)ccc(Br)c1F. The van der Waals surface area contributed by atoms with Crippen molar-refractivity contribution in [1.29, 1.82) is 0 Å². The van der Waals surface area contributed by atoms with Crippen molar-refractivity contribution in [3.05, 3.63) is 63.4 Å². The fourth-order valence-corrected chi connectivity index (χ4v) is 2.32. The van der Waals surface area contributed by atoms with Gasteiger partial charge in [-0.05, 0) is 45.8 Å². The van der Waals surface area contributed by atoms with Crippen molar-refractivity contribution in [3.8, 4) is 5.75 Å². The van der Waals surface area contributed by atoms with Crippen LogP contribution in [0.2, 0.25) is 0 Å². The largest absolute Gasteiger partial charge is 0.486 e. The highest BCUT2D eigenvalue weighted by molar-refractivity contribution is 9.10. The maximum atomic E-state index is 13.7. The van der Waals surface area contributed by atoms with Crippen LogP contribution in [0.5, 0.6) is 5.75 Å². The Balaban J connectivity index is 2.19. The van der Waals surface area contributed by atoms with E-state index in [1.807, 2.05) is 0 Å². The van der Waals surface area contributed by atoms with Gasteiger partial charge in [-0.1, -0.05) is 22.0 Å². The van der Waals surface area contributed by atoms with E-state index in [0.717, 1.165) is 11.6 Å². The smallest absolute Gasteiger partial charge is 0.165 e. The molecule has 6 heteroatoms. The summed E-state index contributed by atoms with van der Waals surface area (Å²) in [5.74, 6) is -2.10. The summed E-state index contributed by atoms with van der Waals surface area (Å²) in [6, 6.07) is 6.79. The van der Waals surface area contributed by atoms with Gasteiger partial charge in [0.05, 0.1) is 10.0 Å². The molecule has 2 rings (SSSR count). The Labute approximate surface area is 131 Å². The van der Waals surface area contributed by atoms with Gasteiger partial charge in [-0.15, -0.1) is 0 Å². The van der Waals surface area contributed by atoms with Gasteiger partial charge >= 0.3 is 0 Å². The van der Waals surface area contributed by atoms with Crippen molar-refractivity contribution < 1.29 is 17.9 Å². The molecule has 0 aromatic heterocycles. The van der Waals surface area contributed by atoms with Gasteiger partial charge in [-0.2, -0.15) is 0 Å². The molecule has 0 heterocycles. The maximum absolute atomic E-state index is 13.7. The van der Waals surface area contributed by atoms with Crippen LogP contribution in [0, 0.1) is 17.5 Å². The zero-order valence-electron chi connectivity index (χ0n) is 10.1. The second-order valence-corrected chi connectivity index (χ2v) is 5.42. The second-order valence-electron chi connectivity index (χ2n) is 4.01. The highest BCUT2D eigenvalue weighted by Gasteiger charge is 2.14. The van der Waals surface area contributed by atoms with Crippen molar-refractivity contribution in [2.75, 3.05) is 0 Å². The van der Waals surface area contributed by atoms with Crippen molar-refractivity contribution in [2.45, 2.75) is 11.9 Å². The highest BCUT2D eigenvalue weighted by Crippen LogP contribution is 2.25. The first-order valence-electron chi connectivity index (χ1n) is 5.62. The van der Waals surface area contributed by atoms with E-state index in [4.69, 9.17) is 4.74 Å². The normalized spacial score (nSPS) is 10.7. The standard InChI is InChI=1S/C14H9Br2F3O/c15-6-8-1-4-13(12(18)5-8)20-7-9-11(17)3-2-10(16)14(9)19/h1-5H,6-7H2. The summed E-state index contributed by atoms with van der Waals surface area (Å²) in [6.45, 7) is -0.387. The van der Waals surface area contributed by atoms with Crippen LogP contribution in [0.1, 0.15) is 11.1 Å². The first-order valence-corrected chi connectivity index (χ1v) is 7.54. The van der Waals surface area contributed by atoms with Crippen LogP contribution < -0.4 is 4.74 Å². The lowest BCUT2D eigenvalue weighted by atomic mass is 10.2. The third-order valence-electron chi connectivity index (χ3n) is 2.66. The van der Waals surface area contributed by atoms with E-state index in [0.29, 0.717) is 5.33 Å². The van der Waals surface area contributed by atoms with Crippen molar-refractivity contribution in [3.63, 3.8) is 0 Å². The Morgan fingerprint density at radius 1 is 1.00 bits per heavy atom. The van der Waals surface area contributed by atoms with Crippen LogP contribution >= 0.6 is 31.9 Å². The Kier molecular flexibility index (Phi) is 5.10. The molecule has 0 aliphatic rings. The Morgan fingerprint density at radius 3 is 2.40 bits per heavy atom. The lowest BCUT2D eigenvalue weighted by Crippen LogP contribution is -2.04. The molecule has 0 spiro atoms. The molecule has 0 atom stereocenters. The molecule has 106 valence electrons. The Hall–Kier alpha value is -1.01. The molecule has 0 aliphatic heterocycles. The number of benzene rings is 2. The highest BCUT2D eigenvalue weighted by atomic mass is 79.9. The Morgan fingerprint density at radius 2 is 1.75 bits per heavy atom. The first kappa shape index (κ1) is 15.4.